The van der Waals surface area contributed by atoms with Crippen LogP contribution in [0.2, 0.25) is 0 Å². The minimum Gasteiger partial charge on any atom is -0.508 e. The SMILES string of the molecule is CNC1Cc2cccc(O)c2C1O. The predicted molar refractivity (Wildman–Crippen MR) is 49.6 cm³/mol. The average molecular weight is 179 g/mol. The zero-order valence-corrected chi connectivity index (χ0v) is 7.49. The highest BCUT2D eigenvalue weighted by molar-refractivity contribution is 5.45. The highest BCUT2D eigenvalue weighted by Gasteiger charge is 2.31. The van der Waals surface area contributed by atoms with Crippen molar-refractivity contribution < 1.29 is 10.2 Å². The van der Waals surface area contributed by atoms with E-state index in [1.54, 1.807) is 12.1 Å². The summed E-state index contributed by atoms with van der Waals surface area (Å²) >= 11 is 0. The minimum absolute atomic E-state index is 0.0308. The maximum atomic E-state index is 9.80. The number of phenolic OH excluding ortho intramolecular Hbond substituents is 1. The van der Waals surface area contributed by atoms with Crippen LogP contribution in [-0.4, -0.2) is 23.3 Å². The van der Waals surface area contributed by atoms with Gasteiger partial charge in [0.25, 0.3) is 0 Å². The van der Waals surface area contributed by atoms with Gasteiger partial charge in [-0.15, -0.1) is 0 Å². The molecular weight excluding hydrogens is 166 g/mol. The number of benzene rings is 1. The van der Waals surface area contributed by atoms with Crippen LogP contribution in [0.3, 0.4) is 0 Å². The lowest BCUT2D eigenvalue weighted by Crippen LogP contribution is -2.29. The molecule has 2 atom stereocenters. The van der Waals surface area contributed by atoms with Crippen molar-refractivity contribution in [3.63, 3.8) is 0 Å². The third-order valence-corrected chi connectivity index (χ3v) is 2.66. The molecule has 1 aromatic carbocycles. The Kier molecular flexibility index (Phi) is 1.98. The fourth-order valence-electron chi connectivity index (χ4n) is 1.93. The number of nitrogens with one attached hydrogen (secondary N) is 1. The van der Waals surface area contributed by atoms with Crippen molar-refractivity contribution in [3.8, 4) is 5.75 Å². The van der Waals surface area contributed by atoms with Crippen LogP contribution in [0, 0.1) is 0 Å². The number of hydrogen-bond donors (Lipinski definition) is 3. The Morgan fingerprint density at radius 1 is 1.46 bits per heavy atom. The number of aliphatic hydroxyl groups is 1. The van der Waals surface area contributed by atoms with Gasteiger partial charge in [0.15, 0.2) is 0 Å². The van der Waals surface area contributed by atoms with E-state index in [0.29, 0.717) is 5.56 Å². The summed E-state index contributed by atoms with van der Waals surface area (Å²) in [5.41, 5.74) is 1.72. The normalized spacial score (nSPS) is 26.0. The van der Waals surface area contributed by atoms with E-state index in [0.717, 1.165) is 12.0 Å². The first-order valence-electron chi connectivity index (χ1n) is 4.40. The van der Waals surface area contributed by atoms with Crippen molar-refractivity contribution in [2.24, 2.45) is 0 Å². The van der Waals surface area contributed by atoms with Crippen molar-refractivity contribution in [1.29, 1.82) is 0 Å². The molecule has 0 heterocycles. The molecule has 0 aliphatic heterocycles. The van der Waals surface area contributed by atoms with Crippen molar-refractivity contribution in [2.75, 3.05) is 7.05 Å². The van der Waals surface area contributed by atoms with Gasteiger partial charge in [-0.25, -0.2) is 0 Å². The maximum absolute atomic E-state index is 9.80. The van der Waals surface area contributed by atoms with E-state index in [-0.39, 0.29) is 11.8 Å². The molecule has 3 N–H and O–H groups in total. The summed E-state index contributed by atoms with van der Waals surface area (Å²) in [6.45, 7) is 0. The van der Waals surface area contributed by atoms with E-state index < -0.39 is 6.10 Å². The van der Waals surface area contributed by atoms with Crippen molar-refractivity contribution in [2.45, 2.75) is 18.6 Å². The Hall–Kier alpha value is -1.06. The molecule has 1 aliphatic carbocycles. The largest absolute Gasteiger partial charge is 0.508 e. The predicted octanol–water partition coefficient (Wildman–Crippen LogP) is 0.570. The van der Waals surface area contributed by atoms with Crippen LogP contribution in [0.5, 0.6) is 5.75 Å². The van der Waals surface area contributed by atoms with Gasteiger partial charge in [0.1, 0.15) is 5.75 Å². The number of fused-ring (bicyclic) bond motifs is 1. The number of hydrogen-bond acceptors (Lipinski definition) is 3. The molecule has 0 aromatic heterocycles. The maximum Gasteiger partial charge on any atom is 0.121 e. The molecule has 2 unspecified atom stereocenters. The lowest BCUT2D eigenvalue weighted by molar-refractivity contribution is 0.143. The standard InChI is InChI=1S/C10H13NO2/c1-11-7-5-6-3-2-4-8(12)9(6)10(7)13/h2-4,7,10-13H,5H2,1H3. The summed E-state index contributed by atoms with van der Waals surface area (Å²) in [5.74, 6) is 0.197. The molecule has 70 valence electrons. The molecule has 0 saturated carbocycles. The molecule has 13 heavy (non-hydrogen) atoms. The summed E-state index contributed by atoms with van der Waals surface area (Å²) in [5, 5.41) is 22.4. The Morgan fingerprint density at radius 2 is 2.23 bits per heavy atom. The Morgan fingerprint density at radius 3 is 2.85 bits per heavy atom. The number of aromatic hydroxyl groups is 1. The van der Waals surface area contributed by atoms with Gasteiger partial charge in [0.2, 0.25) is 0 Å². The van der Waals surface area contributed by atoms with Crippen LogP contribution in [0.4, 0.5) is 0 Å². The molecule has 0 saturated heterocycles. The highest BCUT2D eigenvalue weighted by Crippen LogP contribution is 2.36. The number of likely N-dealkylation sites (N-methyl/N-ethyl adjacent to an activating group) is 1. The Balaban J connectivity index is 2.44. The van der Waals surface area contributed by atoms with E-state index in [1.165, 1.54) is 0 Å². The van der Waals surface area contributed by atoms with Crippen LogP contribution in [0.25, 0.3) is 0 Å². The summed E-state index contributed by atoms with van der Waals surface area (Å²) < 4.78 is 0. The van der Waals surface area contributed by atoms with Crippen LogP contribution < -0.4 is 5.32 Å². The molecule has 1 aliphatic rings. The molecule has 0 bridgehead atoms. The fourth-order valence-corrected chi connectivity index (χ4v) is 1.93. The van der Waals surface area contributed by atoms with Gasteiger partial charge in [-0.1, -0.05) is 12.1 Å². The van der Waals surface area contributed by atoms with E-state index in [1.807, 2.05) is 13.1 Å². The molecule has 1 aromatic rings. The summed E-state index contributed by atoms with van der Waals surface area (Å²) in [6, 6.07) is 5.39. The topological polar surface area (TPSA) is 52.5 Å². The highest BCUT2D eigenvalue weighted by atomic mass is 16.3. The number of aliphatic hydroxyl groups excluding tert-OH is 1. The summed E-state index contributed by atoms with van der Waals surface area (Å²) in [4.78, 5) is 0. The number of rotatable bonds is 1. The third-order valence-electron chi connectivity index (χ3n) is 2.66. The molecule has 0 amide bonds. The number of phenols is 1. The molecule has 2 rings (SSSR count). The molecular formula is C10H13NO2. The second-order valence-corrected chi connectivity index (χ2v) is 3.39. The van der Waals surface area contributed by atoms with Crippen LogP contribution in [0.1, 0.15) is 17.2 Å². The summed E-state index contributed by atoms with van der Waals surface area (Å²) in [6.07, 6.45) is 0.197. The van der Waals surface area contributed by atoms with Crippen LogP contribution in [0.15, 0.2) is 18.2 Å². The smallest absolute Gasteiger partial charge is 0.121 e. The Labute approximate surface area is 77.0 Å². The Bertz CT molecular complexity index is 325. The first-order chi connectivity index (χ1) is 6.24. The van der Waals surface area contributed by atoms with Gasteiger partial charge in [-0.05, 0) is 25.1 Å². The quantitative estimate of drug-likeness (QED) is 0.590. The van der Waals surface area contributed by atoms with Crippen LogP contribution >= 0.6 is 0 Å². The van der Waals surface area contributed by atoms with Gasteiger partial charge < -0.3 is 15.5 Å². The van der Waals surface area contributed by atoms with Crippen molar-refractivity contribution in [3.05, 3.63) is 29.3 Å². The van der Waals surface area contributed by atoms with Gasteiger partial charge in [0.05, 0.1) is 6.10 Å². The summed E-state index contributed by atoms with van der Waals surface area (Å²) in [7, 11) is 1.82. The van der Waals surface area contributed by atoms with Gasteiger partial charge in [0, 0.05) is 11.6 Å². The van der Waals surface area contributed by atoms with Crippen LogP contribution in [-0.2, 0) is 6.42 Å². The fraction of sp³-hybridized carbons (Fsp3) is 0.400. The zero-order chi connectivity index (χ0) is 9.42. The van der Waals surface area contributed by atoms with E-state index in [9.17, 15) is 10.2 Å². The second-order valence-electron chi connectivity index (χ2n) is 3.39. The first kappa shape index (κ1) is 8.53. The molecule has 3 heteroatoms. The first-order valence-corrected chi connectivity index (χ1v) is 4.40. The van der Waals surface area contributed by atoms with Gasteiger partial charge in [-0.3, -0.25) is 0 Å². The minimum atomic E-state index is -0.582. The van der Waals surface area contributed by atoms with Crippen molar-refractivity contribution in [1.82, 2.24) is 5.32 Å². The molecule has 0 spiro atoms. The zero-order valence-electron chi connectivity index (χ0n) is 7.49. The molecule has 0 radical (unpaired) electrons. The van der Waals surface area contributed by atoms with Gasteiger partial charge in [-0.2, -0.15) is 0 Å². The molecule has 3 nitrogen and oxygen atoms in total. The third kappa shape index (κ3) is 1.20. The second kappa shape index (κ2) is 3.01. The lowest BCUT2D eigenvalue weighted by atomic mass is 10.1. The van der Waals surface area contributed by atoms with E-state index in [2.05, 4.69) is 5.32 Å². The van der Waals surface area contributed by atoms with E-state index >= 15 is 0 Å². The average Bonchev–Trinajstić information content (AvgIpc) is 2.44. The van der Waals surface area contributed by atoms with Gasteiger partial charge >= 0.3 is 0 Å². The molecule has 0 fully saturated rings. The lowest BCUT2D eigenvalue weighted by Gasteiger charge is -2.13. The monoisotopic (exact) mass is 179 g/mol. The van der Waals surface area contributed by atoms with E-state index in [4.69, 9.17) is 0 Å². The van der Waals surface area contributed by atoms with Crippen molar-refractivity contribution >= 4 is 0 Å².